The minimum atomic E-state index is -4.93. The van der Waals surface area contributed by atoms with E-state index in [-0.39, 0.29) is 17.7 Å². The van der Waals surface area contributed by atoms with Crippen LogP contribution in [-0.2, 0) is 6.18 Å². The van der Waals surface area contributed by atoms with E-state index in [2.05, 4.69) is 5.32 Å². The van der Waals surface area contributed by atoms with Gasteiger partial charge >= 0.3 is 12.2 Å². The second-order valence-corrected chi connectivity index (χ2v) is 5.85. The van der Waals surface area contributed by atoms with Gasteiger partial charge in [0.05, 0.1) is 11.6 Å². The Morgan fingerprint density at radius 2 is 1.85 bits per heavy atom. The molecule has 0 aliphatic heterocycles. The van der Waals surface area contributed by atoms with Crippen LogP contribution in [0.25, 0.3) is 11.1 Å². The van der Waals surface area contributed by atoms with Gasteiger partial charge < -0.3 is 5.32 Å². The average molecular weight is 387 g/mol. The number of nitrogens with zero attached hydrogens (tertiary/aromatic N) is 1. The number of carbonyl (C=O) groups is 1. The number of nitrogens with one attached hydrogen (secondary N) is 1. The zero-order valence-corrected chi connectivity index (χ0v) is 14.6. The lowest BCUT2D eigenvalue weighted by atomic mass is 9.96. The maximum absolute atomic E-state index is 14.5. The van der Waals surface area contributed by atoms with E-state index < -0.39 is 41.0 Å². The lowest BCUT2D eigenvalue weighted by Gasteiger charge is -2.21. The largest absolute Gasteiger partial charge is 0.419 e. The molecule has 0 spiro atoms. The van der Waals surface area contributed by atoms with Crippen LogP contribution in [0.2, 0.25) is 0 Å². The molecule has 27 heavy (non-hydrogen) atoms. The van der Waals surface area contributed by atoms with Crippen LogP contribution < -0.4 is 11.2 Å². The fraction of sp³-hybridized carbons (Fsp3) is 0.278. The van der Waals surface area contributed by atoms with E-state index in [4.69, 9.17) is 5.84 Å². The molecule has 0 saturated carbocycles. The number of rotatable bonds is 4. The number of hydrogen-bond acceptors (Lipinski definition) is 2. The Kier molecular flexibility index (Phi) is 6.04. The molecule has 0 aliphatic rings. The van der Waals surface area contributed by atoms with Crippen molar-refractivity contribution in [2.45, 2.75) is 26.1 Å². The first-order valence-electron chi connectivity index (χ1n) is 8.04. The zero-order valence-electron chi connectivity index (χ0n) is 14.6. The van der Waals surface area contributed by atoms with Crippen molar-refractivity contribution in [2.75, 3.05) is 6.54 Å². The molecular weight excluding hydrogens is 369 g/mol. The molecule has 9 heteroatoms. The number of amides is 2. The fourth-order valence-electron chi connectivity index (χ4n) is 2.59. The van der Waals surface area contributed by atoms with Gasteiger partial charge in [0.15, 0.2) is 0 Å². The van der Waals surface area contributed by atoms with Gasteiger partial charge in [0.25, 0.3) is 0 Å². The van der Waals surface area contributed by atoms with Crippen molar-refractivity contribution in [3.8, 4) is 11.1 Å². The number of halogens is 5. The van der Waals surface area contributed by atoms with E-state index >= 15 is 0 Å². The van der Waals surface area contributed by atoms with Crippen molar-refractivity contribution in [1.29, 1.82) is 0 Å². The van der Waals surface area contributed by atoms with Crippen LogP contribution in [0.1, 0.15) is 31.0 Å². The molecule has 4 nitrogen and oxygen atoms in total. The second kappa shape index (κ2) is 7.91. The Labute approximate surface area is 152 Å². The molecule has 146 valence electrons. The van der Waals surface area contributed by atoms with Crippen molar-refractivity contribution < 1.29 is 26.7 Å². The molecule has 0 saturated heterocycles. The highest BCUT2D eigenvalue weighted by Gasteiger charge is 2.37. The van der Waals surface area contributed by atoms with Crippen LogP contribution in [-0.4, -0.2) is 17.6 Å². The van der Waals surface area contributed by atoms with E-state index in [0.29, 0.717) is 6.07 Å². The molecule has 2 amide bonds. The number of carbonyl (C=O) groups excluding carboxylic acids is 1. The Hall–Kier alpha value is -2.68. The normalized spacial score (nSPS) is 12.6. The minimum Gasteiger partial charge on any atom is -0.330 e. The van der Waals surface area contributed by atoms with Gasteiger partial charge in [-0.15, -0.1) is 0 Å². The highest BCUT2D eigenvalue weighted by molar-refractivity contribution is 5.74. The second-order valence-electron chi connectivity index (χ2n) is 5.85. The van der Waals surface area contributed by atoms with Gasteiger partial charge in [-0.2, -0.15) is 13.2 Å². The van der Waals surface area contributed by atoms with Gasteiger partial charge in [0, 0.05) is 12.1 Å². The minimum absolute atomic E-state index is 0.0570. The first-order chi connectivity index (χ1) is 12.6. The Bertz CT molecular complexity index is 838. The summed E-state index contributed by atoms with van der Waals surface area (Å²) < 4.78 is 67.7. The molecule has 0 bridgehead atoms. The summed E-state index contributed by atoms with van der Waals surface area (Å²) in [6, 6.07) is 4.84. The van der Waals surface area contributed by atoms with Gasteiger partial charge in [-0.25, -0.2) is 19.4 Å². The molecule has 0 fully saturated rings. The summed E-state index contributed by atoms with van der Waals surface area (Å²) in [6.07, 6.45) is -4.93. The summed E-state index contributed by atoms with van der Waals surface area (Å²) in [7, 11) is 0. The smallest absolute Gasteiger partial charge is 0.330 e. The summed E-state index contributed by atoms with van der Waals surface area (Å²) in [5, 5.41) is 3.37. The lowest BCUT2D eigenvalue weighted by molar-refractivity contribution is -0.139. The third-order valence-electron chi connectivity index (χ3n) is 4.02. The van der Waals surface area contributed by atoms with Crippen LogP contribution in [0.15, 0.2) is 36.4 Å². The Balaban J connectivity index is 2.39. The molecule has 1 atom stereocenters. The summed E-state index contributed by atoms with van der Waals surface area (Å²) >= 11 is 0. The molecule has 0 aliphatic carbocycles. The van der Waals surface area contributed by atoms with Gasteiger partial charge in [0.1, 0.15) is 11.6 Å². The molecule has 0 radical (unpaired) electrons. The van der Waals surface area contributed by atoms with Crippen molar-refractivity contribution in [1.82, 2.24) is 10.3 Å². The number of hydrazine groups is 1. The molecule has 0 heterocycles. The van der Waals surface area contributed by atoms with Crippen molar-refractivity contribution >= 4 is 6.03 Å². The predicted molar refractivity (Wildman–Crippen MR) is 90.3 cm³/mol. The van der Waals surface area contributed by atoms with Crippen molar-refractivity contribution in [3.63, 3.8) is 0 Å². The van der Waals surface area contributed by atoms with E-state index in [1.54, 1.807) is 6.92 Å². The lowest BCUT2D eigenvalue weighted by Crippen LogP contribution is -2.45. The summed E-state index contributed by atoms with van der Waals surface area (Å²) in [5.41, 5.74) is -2.00. The highest BCUT2D eigenvalue weighted by Crippen LogP contribution is 2.39. The van der Waals surface area contributed by atoms with Crippen molar-refractivity contribution in [3.05, 3.63) is 59.2 Å². The zero-order chi connectivity index (χ0) is 20.4. The third kappa shape index (κ3) is 4.54. The highest BCUT2D eigenvalue weighted by atomic mass is 19.4. The van der Waals surface area contributed by atoms with Gasteiger partial charge in [0.2, 0.25) is 0 Å². The molecular formula is C18H18F5N3O. The summed E-state index contributed by atoms with van der Waals surface area (Å²) in [6.45, 7) is 3.39. The first-order valence-corrected chi connectivity index (χ1v) is 8.04. The standard InChI is InChI=1S/C18H18F5N3O/c1-3-26(24)17(27)25-10(2)12-8-7-11(9-15(12)20)13-5-4-6-14(19)16(13)18(21,22)23/h4-10H,3,24H2,1-2H3,(H,25,27)/t10-/m1/s1. The molecule has 0 aromatic heterocycles. The van der Waals surface area contributed by atoms with Crippen LogP contribution >= 0.6 is 0 Å². The van der Waals surface area contributed by atoms with Gasteiger partial charge in [-0.3, -0.25) is 5.01 Å². The molecule has 2 aromatic rings. The van der Waals surface area contributed by atoms with E-state index in [9.17, 15) is 26.7 Å². The monoisotopic (exact) mass is 387 g/mol. The van der Waals surface area contributed by atoms with E-state index in [1.165, 1.54) is 19.1 Å². The first kappa shape index (κ1) is 20.6. The molecule has 3 N–H and O–H groups in total. The van der Waals surface area contributed by atoms with Gasteiger partial charge in [-0.1, -0.05) is 24.3 Å². The predicted octanol–water partition coefficient (Wildman–Crippen LogP) is 4.62. The maximum Gasteiger partial charge on any atom is 0.419 e. The van der Waals surface area contributed by atoms with Crippen LogP contribution in [0.3, 0.4) is 0 Å². The Morgan fingerprint density at radius 3 is 2.41 bits per heavy atom. The summed E-state index contributed by atoms with van der Waals surface area (Å²) in [5.74, 6) is 3.17. The topological polar surface area (TPSA) is 58.4 Å². The number of hydrogen-bond donors (Lipinski definition) is 2. The molecule has 2 aromatic carbocycles. The van der Waals surface area contributed by atoms with E-state index in [0.717, 1.165) is 23.2 Å². The van der Waals surface area contributed by atoms with Crippen molar-refractivity contribution in [2.24, 2.45) is 5.84 Å². The van der Waals surface area contributed by atoms with E-state index in [1.807, 2.05) is 0 Å². The number of nitrogens with two attached hydrogens (primary N) is 1. The van der Waals surface area contributed by atoms with Gasteiger partial charge in [-0.05, 0) is 37.1 Å². The Morgan fingerprint density at radius 1 is 1.19 bits per heavy atom. The average Bonchev–Trinajstić information content (AvgIpc) is 2.59. The maximum atomic E-state index is 14.5. The molecule has 0 unspecified atom stereocenters. The fourth-order valence-corrected chi connectivity index (χ4v) is 2.59. The number of benzene rings is 2. The SMILES string of the molecule is CCN(N)C(=O)N[C@H](C)c1ccc(-c2cccc(F)c2C(F)(F)F)cc1F. The number of alkyl halides is 3. The molecule has 2 rings (SSSR count). The third-order valence-corrected chi connectivity index (χ3v) is 4.02. The van der Waals surface area contributed by atoms with Crippen LogP contribution in [0.5, 0.6) is 0 Å². The quantitative estimate of drug-likeness (QED) is 0.348. The summed E-state index contributed by atoms with van der Waals surface area (Å²) in [4.78, 5) is 11.8. The number of urea groups is 1. The van der Waals surface area contributed by atoms with Crippen LogP contribution in [0, 0.1) is 11.6 Å². The van der Waals surface area contributed by atoms with Crippen LogP contribution in [0.4, 0.5) is 26.7 Å².